The number of aryl methyl sites for hydroxylation is 1. The summed E-state index contributed by atoms with van der Waals surface area (Å²) in [5.74, 6) is 0.603. The number of carbonyl (C=O) groups is 1. The minimum atomic E-state index is -0.400. The third kappa shape index (κ3) is 3.75. The number of esters is 1. The van der Waals surface area contributed by atoms with E-state index in [0.29, 0.717) is 17.9 Å². The van der Waals surface area contributed by atoms with E-state index in [-0.39, 0.29) is 0 Å². The first-order valence-electron chi connectivity index (χ1n) is 6.88. The van der Waals surface area contributed by atoms with Crippen molar-refractivity contribution < 1.29 is 9.53 Å². The highest BCUT2D eigenvalue weighted by atomic mass is 16.5. The van der Waals surface area contributed by atoms with Crippen LogP contribution >= 0.6 is 0 Å². The van der Waals surface area contributed by atoms with E-state index in [1.165, 1.54) is 0 Å². The molecule has 21 heavy (non-hydrogen) atoms. The Labute approximate surface area is 123 Å². The van der Waals surface area contributed by atoms with E-state index in [1.54, 1.807) is 25.3 Å². The molecule has 0 atom stereocenters. The molecular weight excluding hydrogens is 268 g/mol. The van der Waals surface area contributed by atoms with Gasteiger partial charge >= 0.3 is 5.97 Å². The summed E-state index contributed by atoms with van der Waals surface area (Å²) in [5, 5.41) is 3.26. The number of hydrogen-bond donors (Lipinski definition) is 2. The summed E-state index contributed by atoms with van der Waals surface area (Å²) in [6, 6.07) is 5.26. The number of imidazole rings is 1. The number of nitrogens with zero attached hydrogens (tertiary/aromatic N) is 2. The van der Waals surface area contributed by atoms with E-state index in [2.05, 4.69) is 10.3 Å². The fourth-order valence-corrected chi connectivity index (χ4v) is 2.01. The molecule has 3 N–H and O–H groups in total. The van der Waals surface area contributed by atoms with Gasteiger partial charge in [0, 0.05) is 43.8 Å². The summed E-state index contributed by atoms with van der Waals surface area (Å²) in [6.45, 7) is 2.81. The number of nitrogens with one attached hydrogen (secondary N) is 1. The van der Waals surface area contributed by atoms with E-state index in [1.807, 2.05) is 23.9 Å². The summed E-state index contributed by atoms with van der Waals surface area (Å²) >= 11 is 0. The number of benzene rings is 1. The summed E-state index contributed by atoms with van der Waals surface area (Å²) in [4.78, 5) is 16.0. The number of rotatable bonds is 6. The van der Waals surface area contributed by atoms with Crippen molar-refractivity contribution in [3.05, 3.63) is 42.0 Å². The van der Waals surface area contributed by atoms with Gasteiger partial charge in [0.05, 0.1) is 12.2 Å². The van der Waals surface area contributed by atoms with Crippen LogP contribution in [0.25, 0.3) is 0 Å². The van der Waals surface area contributed by atoms with Crippen LogP contribution in [0.5, 0.6) is 0 Å². The van der Waals surface area contributed by atoms with Crippen molar-refractivity contribution in [1.82, 2.24) is 9.55 Å². The lowest BCUT2D eigenvalue weighted by Gasteiger charge is -2.10. The Morgan fingerprint density at radius 2 is 2.29 bits per heavy atom. The molecule has 112 valence electrons. The van der Waals surface area contributed by atoms with Gasteiger partial charge in [-0.3, -0.25) is 0 Å². The lowest BCUT2D eigenvalue weighted by molar-refractivity contribution is 0.0527. The number of anilines is 2. The zero-order valence-electron chi connectivity index (χ0n) is 12.3. The van der Waals surface area contributed by atoms with Gasteiger partial charge < -0.3 is 20.4 Å². The summed E-state index contributed by atoms with van der Waals surface area (Å²) in [5.41, 5.74) is 7.45. The van der Waals surface area contributed by atoms with Crippen LogP contribution in [0.3, 0.4) is 0 Å². The molecule has 0 spiro atoms. The monoisotopic (exact) mass is 288 g/mol. The first-order chi connectivity index (χ1) is 10.1. The lowest BCUT2D eigenvalue weighted by Crippen LogP contribution is -2.11. The summed E-state index contributed by atoms with van der Waals surface area (Å²) < 4.78 is 6.96. The molecule has 0 aliphatic carbocycles. The number of carbonyl (C=O) groups excluding carboxylic acids is 1. The molecule has 0 aliphatic rings. The lowest BCUT2D eigenvalue weighted by atomic mass is 10.1. The molecule has 0 bridgehead atoms. The molecule has 0 amide bonds. The molecule has 0 fully saturated rings. The Morgan fingerprint density at radius 1 is 1.48 bits per heavy atom. The van der Waals surface area contributed by atoms with E-state index in [9.17, 15) is 4.79 Å². The average Bonchev–Trinajstić information content (AvgIpc) is 2.86. The number of ether oxygens (including phenoxy) is 1. The minimum absolute atomic E-state index is 0.328. The van der Waals surface area contributed by atoms with Crippen LogP contribution in [0.2, 0.25) is 0 Å². The fourth-order valence-electron chi connectivity index (χ4n) is 2.01. The van der Waals surface area contributed by atoms with E-state index in [4.69, 9.17) is 10.5 Å². The molecule has 1 aromatic heterocycles. The van der Waals surface area contributed by atoms with Crippen molar-refractivity contribution in [2.75, 3.05) is 24.2 Å². The van der Waals surface area contributed by atoms with Gasteiger partial charge in [0.15, 0.2) is 0 Å². The smallest absolute Gasteiger partial charge is 0.340 e. The second-order valence-electron chi connectivity index (χ2n) is 4.65. The van der Waals surface area contributed by atoms with E-state index < -0.39 is 5.97 Å². The summed E-state index contributed by atoms with van der Waals surface area (Å²) in [6.07, 6.45) is 4.48. The highest BCUT2D eigenvalue weighted by Crippen LogP contribution is 2.19. The third-order valence-corrected chi connectivity index (χ3v) is 3.15. The first-order valence-corrected chi connectivity index (χ1v) is 6.88. The Kier molecular flexibility index (Phi) is 4.81. The molecule has 0 saturated carbocycles. The van der Waals surface area contributed by atoms with Gasteiger partial charge in [-0.15, -0.1) is 0 Å². The Balaban J connectivity index is 1.99. The van der Waals surface area contributed by atoms with Crippen molar-refractivity contribution in [2.24, 2.45) is 7.05 Å². The van der Waals surface area contributed by atoms with Crippen LogP contribution in [-0.2, 0) is 18.2 Å². The van der Waals surface area contributed by atoms with Crippen LogP contribution in [0.4, 0.5) is 11.4 Å². The van der Waals surface area contributed by atoms with Crippen LogP contribution in [-0.4, -0.2) is 28.7 Å². The molecule has 0 unspecified atom stereocenters. The van der Waals surface area contributed by atoms with Crippen molar-refractivity contribution in [3.63, 3.8) is 0 Å². The predicted octanol–water partition coefficient (Wildman–Crippen LogP) is 1.83. The number of nitrogens with two attached hydrogens (primary N) is 1. The number of hydrogen-bond acceptors (Lipinski definition) is 5. The van der Waals surface area contributed by atoms with Crippen LogP contribution in [0.15, 0.2) is 30.6 Å². The van der Waals surface area contributed by atoms with Gasteiger partial charge in [-0.05, 0) is 25.1 Å². The SMILES string of the molecule is CCOC(=O)c1cc(NCCc2nccn2C)ccc1N. The van der Waals surface area contributed by atoms with E-state index >= 15 is 0 Å². The van der Waals surface area contributed by atoms with Gasteiger partial charge in [0.25, 0.3) is 0 Å². The maximum absolute atomic E-state index is 11.8. The second kappa shape index (κ2) is 6.78. The molecular formula is C15H20N4O2. The highest BCUT2D eigenvalue weighted by molar-refractivity contribution is 5.96. The normalized spacial score (nSPS) is 10.4. The van der Waals surface area contributed by atoms with Crippen LogP contribution < -0.4 is 11.1 Å². The molecule has 6 nitrogen and oxygen atoms in total. The van der Waals surface area contributed by atoms with Gasteiger partial charge in [0.1, 0.15) is 5.82 Å². The number of aromatic nitrogens is 2. The Morgan fingerprint density at radius 3 is 2.95 bits per heavy atom. The standard InChI is InChI=1S/C15H20N4O2/c1-3-21-15(20)12-10-11(4-5-13(12)16)17-7-6-14-18-8-9-19(14)2/h4-5,8-10,17H,3,6-7,16H2,1-2H3. The van der Waals surface area contributed by atoms with Gasteiger partial charge in [-0.25, -0.2) is 9.78 Å². The van der Waals surface area contributed by atoms with Crippen molar-refractivity contribution in [1.29, 1.82) is 0 Å². The highest BCUT2D eigenvalue weighted by Gasteiger charge is 2.11. The average molecular weight is 288 g/mol. The largest absolute Gasteiger partial charge is 0.462 e. The zero-order chi connectivity index (χ0) is 15.2. The molecule has 2 rings (SSSR count). The van der Waals surface area contributed by atoms with Crippen molar-refractivity contribution >= 4 is 17.3 Å². The van der Waals surface area contributed by atoms with Crippen LogP contribution in [0.1, 0.15) is 23.1 Å². The quantitative estimate of drug-likeness (QED) is 0.626. The third-order valence-electron chi connectivity index (χ3n) is 3.15. The van der Waals surface area contributed by atoms with Crippen molar-refractivity contribution in [3.8, 4) is 0 Å². The molecule has 1 aromatic carbocycles. The molecule has 0 saturated heterocycles. The minimum Gasteiger partial charge on any atom is -0.462 e. The van der Waals surface area contributed by atoms with Crippen LogP contribution in [0, 0.1) is 0 Å². The zero-order valence-corrected chi connectivity index (χ0v) is 12.3. The Bertz CT molecular complexity index is 622. The van der Waals surface area contributed by atoms with Gasteiger partial charge in [-0.1, -0.05) is 0 Å². The maximum atomic E-state index is 11.8. The first kappa shape index (κ1) is 14.9. The molecule has 2 aromatic rings. The van der Waals surface area contributed by atoms with E-state index in [0.717, 1.165) is 24.5 Å². The molecule has 0 radical (unpaired) electrons. The number of nitrogen functional groups attached to an aromatic ring is 1. The maximum Gasteiger partial charge on any atom is 0.340 e. The molecule has 6 heteroatoms. The summed E-state index contributed by atoms with van der Waals surface area (Å²) in [7, 11) is 1.96. The van der Waals surface area contributed by atoms with Crippen molar-refractivity contribution in [2.45, 2.75) is 13.3 Å². The van der Waals surface area contributed by atoms with Gasteiger partial charge in [0.2, 0.25) is 0 Å². The topological polar surface area (TPSA) is 82.2 Å². The fraction of sp³-hybridized carbons (Fsp3) is 0.333. The molecule has 0 aliphatic heterocycles. The van der Waals surface area contributed by atoms with Gasteiger partial charge in [-0.2, -0.15) is 0 Å². The Hall–Kier alpha value is -2.50. The molecule has 1 heterocycles. The predicted molar refractivity (Wildman–Crippen MR) is 82.2 cm³/mol. The second-order valence-corrected chi connectivity index (χ2v) is 4.65.